The van der Waals surface area contributed by atoms with Gasteiger partial charge in [0, 0.05) is 23.6 Å². The van der Waals surface area contributed by atoms with E-state index in [4.69, 9.17) is 22.1 Å². The molecule has 0 aliphatic heterocycles. The average molecular weight is 308 g/mol. The molecule has 21 heavy (non-hydrogen) atoms. The molecule has 0 radical (unpaired) electrons. The van der Waals surface area contributed by atoms with Crippen molar-refractivity contribution in [1.29, 1.82) is 0 Å². The lowest BCUT2D eigenvalue weighted by Gasteiger charge is -2.16. The molecule has 3 N–H and O–H groups in total. The monoisotopic (exact) mass is 307 g/mol. The molecule has 0 aliphatic carbocycles. The minimum absolute atomic E-state index is 0.00541. The van der Waals surface area contributed by atoms with Crippen LogP contribution in [0, 0.1) is 0 Å². The summed E-state index contributed by atoms with van der Waals surface area (Å²) in [7, 11) is 1.60. The maximum Gasteiger partial charge on any atom is 0.137 e. The smallest absolute Gasteiger partial charge is 0.137 e. The Morgan fingerprint density at radius 2 is 2.05 bits per heavy atom. The van der Waals surface area contributed by atoms with Crippen molar-refractivity contribution >= 4 is 11.6 Å². The molecule has 4 nitrogen and oxygen atoms in total. The maximum atomic E-state index is 6.20. The van der Waals surface area contributed by atoms with Crippen LogP contribution in [0.5, 0.6) is 5.75 Å². The van der Waals surface area contributed by atoms with Gasteiger partial charge >= 0.3 is 0 Å². The van der Waals surface area contributed by atoms with E-state index < -0.39 is 0 Å². The molecule has 0 bridgehead atoms. The summed E-state index contributed by atoms with van der Waals surface area (Å²) in [5.41, 5.74) is 9.03. The fourth-order valence-corrected chi connectivity index (χ4v) is 2.51. The van der Waals surface area contributed by atoms with Crippen LogP contribution in [-0.2, 0) is 5.41 Å². The summed E-state index contributed by atoms with van der Waals surface area (Å²) >= 11 is 6.20. The average Bonchev–Trinajstić information content (AvgIpc) is 2.89. The van der Waals surface area contributed by atoms with Crippen molar-refractivity contribution in [2.24, 2.45) is 5.73 Å². The van der Waals surface area contributed by atoms with E-state index >= 15 is 0 Å². The summed E-state index contributed by atoms with van der Waals surface area (Å²) in [5.74, 6) is 0.702. The molecular weight excluding hydrogens is 286 g/mol. The molecule has 0 spiro atoms. The van der Waals surface area contributed by atoms with Crippen molar-refractivity contribution < 1.29 is 4.74 Å². The van der Waals surface area contributed by atoms with E-state index in [1.807, 2.05) is 18.2 Å². The lowest BCUT2D eigenvalue weighted by Crippen LogP contribution is -2.14. The number of benzene rings is 1. The molecule has 1 atom stereocenters. The molecule has 2 aromatic rings. The number of halogens is 1. The van der Waals surface area contributed by atoms with E-state index in [2.05, 4.69) is 37.0 Å². The van der Waals surface area contributed by atoms with E-state index in [0.717, 1.165) is 17.0 Å². The first-order valence-electron chi connectivity index (χ1n) is 6.96. The number of aromatic nitrogens is 2. The molecule has 1 aromatic carbocycles. The zero-order valence-electron chi connectivity index (χ0n) is 12.9. The minimum atomic E-state index is 0.00541. The predicted molar refractivity (Wildman–Crippen MR) is 86.2 cm³/mol. The van der Waals surface area contributed by atoms with Crippen molar-refractivity contribution in [2.75, 3.05) is 13.7 Å². The largest absolute Gasteiger partial charge is 0.495 e. The highest BCUT2D eigenvalue weighted by molar-refractivity contribution is 6.32. The number of nitrogens with two attached hydrogens (primary N) is 1. The molecule has 0 aliphatic rings. The number of rotatable bonds is 4. The Morgan fingerprint density at radius 3 is 2.52 bits per heavy atom. The number of aromatic amines is 1. The molecule has 1 heterocycles. The number of hydrogen-bond donors (Lipinski definition) is 2. The van der Waals surface area contributed by atoms with Gasteiger partial charge in [0.2, 0.25) is 0 Å². The van der Waals surface area contributed by atoms with E-state index in [1.54, 1.807) is 7.11 Å². The van der Waals surface area contributed by atoms with Gasteiger partial charge in [0.05, 0.1) is 17.8 Å². The molecule has 1 unspecified atom stereocenters. The first-order valence-corrected chi connectivity index (χ1v) is 7.34. The van der Waals surface area contributed by atoms with Gasteiger partial charge in [0.25, 0.3) is 0 Å². The second-order valence-corrected chi connectivity index (χ2v) is 6.55. The van der Waals surface area contributed by atoms with Gasteiger partial charge in [-0.1, -0.05) is 38.4 Å². The molecule has 0 amide bonds. The Morgan fingerprint density at radius 1 is 1.33 bits per heavy atom. The summed E-state index contributed by atoms with van der Waals surface area (Å²) in [6.07, 6.45) is 0. The highest BCUT2D eigenvalue weighted by Gasteiger charge is 2.21. The molecule has 5 heteroatoms. The lowest BCUT2D eigenvalue weighted by molar-refractivity contribution is 0.415. The topological polar surface area (TPSA) is 63.9 Å². The van der Waals surface area contributed by atoms with Crippen LogP contribution in [0.3, 0.4) is 0 Å². The van der Waals surface area contributed by atoms with Crippen molar-refractivity contribution in [3.8, 4) is 5.75 Å². The third-order valence-corrected chi connectivity index (χ3v) is 3.85. The zero-order chi connectivity index (χ0) is 15.6. The molecular formula is C16H22ClN3O. The van der Waals surface area contributed by atoms with Crippen molar-refractivity contribution in [1.82, 2.24) is 10.2 Å². The molecule has 0 saturated carbocycles. The standard InChI is InChI=1S/C16H22ClN3O/c1-16(2,3)15-8-13(19-20-15)11(9-18)10-5-6-14(21-4)12(17)7-10/h5-8,11H,9,18H2,1-4H3,(H,19,20). The Balaban J connectivity index is 2.35. The first-order chi connectivity index (χ1) is 9.86. The Bertz CT molecular complexity index is 616. The van der Waals surface area contributed by atoms with E-state index in [9.17, 15) is 0 Å². The van der Waals surface area contributed by atoms with Gasteiger partial charge in [0.15, 0.2) is 0 Å². The molecule has 0 fully saturated rings. The van der Waals surface area contributed by atoms with Gasteiger partial charge in [-0.2, -0.15) is 5.10 Å². The summed E-state index contributed by atoms with van der Waals surface area (Å²) < 4.78 is 5.18. The van der Waals surface area contributed by atoms with Gasteiger partial charge < -0.3 is 10.5 Å². The number of hydrogen-bond acceptors (Lipinski definition) is 3. The number of nitrogens with zero attached hydrogens (tertiary/aromatic N) is 1. The van der Waals surface area contributed by atoms with Crippen molar-refractivity contribution in [3.05, 3.63) is 46.2 Å². The first kappa shape index (κ1) is 15.9. The van der Waals surface area contributed by atoms with Crippen LogP contribution in [0.4, 0.5) is 0 Å². The van der Waals surface area contributed by atoms with Crippen LogP contribution in [0.15, 0.2) is 24.3 Å². The van der Waals surface area contributed by atoms with E-state index in [-0.39, 0.29) is 11.3 Å². The fraction of sp³-hybridized carbons (Fsp3) is 0.438. The molecule has 114 valence electrons. The second-order valence-electron chi connectivity index (χ2n) is 6.14. The third-order valence-electron chi connectivity index (χ3n) is 3.56. The number of methoxy groups -OCH3 is 1. The highest BCUT2D eigenvalue weighted by Crippen LogP contribution is 2.31. The van der Waals surface area contributed by atoms with Crippen LogP contribution < -0.4 is 10.5 Å². The predicted octanol–water partition coefficient (Wildman–Crippen LogP) is 3.46. The van der Waals surface area contributed by atoms with Crippen LogP contribution >= 0.6 is 11.6 Å². The lowest BCUT2D eigenvalue weighted by atomic mass is 9.90. The van der Waals surface area contributed by atoms with Crippen molar-refractivity contribution in [3.63, 3.8) is 0 Å². The molecule has 0 saturated heterocycles. The zero-order valence-corrected chi connectivity index (χ0v) is 13.7. The van der Waals surface area contributed by atoms with Crippen LogP contribution in [0.1, 0.15) is 43.6 Å². The number of ether oxygens (including phenoxy) is 1. The Labute approximate surface area is 130 Å². The Hall–Kier alpha value is -1.52. The van der Waals surface area contributed by atoms with Crippen LogP contribution in [0.2, 0.25) is 5.02 Å². The second kappa shape index (κ2) is 6.08. The van der Waals surface area contributed by atoms with E-state index in [1.165, 1.54) is 0 Å². The maximum absolute atomic E-state index is 6.20. The van der Waals surface area contributed by atoms with Crippen LogP contribution in [0.25, 0.3) is 0 Å². The summed E-state index contributed by atoms with van der Waals surface area (Å²) in [6, 6.07) is 7.83. The van der Waals surface area contributed by atoms with E-state index in [0.29, 0.717) is 17.3 Å². The summed E-state index contributed by atoms with van der Waals surface area (Å²) in [5, 5.41) is 8.09. The highest BCUT2D eigenvalue weighted by atomic mass is 35.5. The summed E-state index contributed by atoms with van der Waals surface area (Å²) in [6.45, 7) is 6.88. The third kappa shape index (κ3) is 3.39. The number of H-pyrrole nitrogens is 1. The van der Waals surface area contributed by atoms with Gasteiger partial charge in [-0.25, -0.2) is 0 Å². The van der Waals surface area contributed by atoms with Gasteiger partial charge in [-0.3, -0.25) is 5.10 Å². The summed E-state index contributed by atoms with van der Waals surface area (Å²) in [4.78, 5) is 0. The minimum Gasteiger partial charge on any atom is -0.495 e. The fourth-order valence-electron chi connectivity index (χ4n) is 2.24. The quantitative estimate of drug-likeness (QED) is 0.909. The van der Waals surface area contributed by atoms with Gasteiger partial charge in [0.1, 0.15) is 5.75 Å². The Kier molecular flexibility index (Phi) is 4.59. The van der Waals surface area contributed by atoms with Crippen LogP contribution in [-0.4, -0.2) is 23.9 Å². The van der Waals surface area contributed by atoms with Crippen molar-refractivity contribution in [2.45, 2.75) is 32.1 Å². The van der Waals surface area contributed by atoms with Gasteiger partial charge in [-0.05, 0) is 23.8 Å². The number of nitrogens with one attached hydrogen (secondary N) is 1. The SMILES string of the molecule is COc1ccc(C(CN)c2cc(C(C)(C)C)n[nH]2)cc1Cl. The molecule has 1 aromatic heterocycles. The normalized spacial score (nSPS) is 13.2. The molecule has 2 rings (SSSR count). The van der Waals surface area contributed by atoms with Gasteiger partial charge in [-0.15, -0.1) is 0 Å².